The largest absolute Gasteiger partial charge is 0.479 e. The van der Waals surface area contributed by atoms with Crippen molar-refractivity contribution in [2.24, 2.45) is 5.92 Å². The van der Waals surface area contributed by atoms with Crippen LogP contribution in [0.4, 0.5) is 0 Å². The minimum atomic E-state index is -3.65. The van der Waals surface area contributed by atoms with Gasteiger partial charge in [0.25, 0.3) is 5.91 Å². The zero-order valence-electron chi connectivity index (χ0n) is 18.4. The average Bonchev–Trinajstić information content (AvgIpc) is 3.54. The highest BCUT2D eigenvalue weighted by molar-refractivity contribution is 7.89. The Balaban J connectivity index is 1.62. The van der Waals surface area contributed by atoms with Gasteiger partial charge in [-0.3, -0.25) is 9.59 Å². The summed E-state index contributed by atoms with van der Waals surface area (Å²) in [6.07, 6.45) is -1.90. The van der Waals surface area contributed by atoms with E-state index in [1.54, 1.807) is 24.3 Å². The molecule has 2 fully saturated rings. The fourth-order valence-electron chi connectivity index (χ4n) is 3.67. The summed E-state index contributed by atoms with van der Waals surface area (Å²) in [5, 5.41) is 11.5. The maximum atomic E-state index is 13.1. The zero-order chi connectivity index (χ0) is 23.6. The SMILES string of the molecule is Cc1ccc(S(=O)(=O)N2CCN(C(=O)[C@H](CC(C)C)NC(=O)[C@H]3O[C@@H]3C(=O)O)CC2)cc1. The molecular weight excluding hydrogens is 438 g/mol. The highest BCUT2D eigenvalue weighted by Gasteiger charge is 2.51. The third-order valence-corrected chi connectivity index (χ3v) is 7.44. The van der Waals surface area contributed by atoms with Crippen LogP contribution in [0.3, 0.4) is 0 Å². The number of benzene rings is 1. The van der Waals surface area contributed by atoms with E-state index in [4.69, 9.17) is 9.84 Å². The van der Waals surface area contributed by atoms with E-state index in [1.165, 1.54) is 9.21 Å². The number of hydrogen-bond donors (Lipinski definition) is 2. The first-order valence-electron chi connectivity index (χ1n) is 10.5. The molecule has 176 valence electrons. The number of hydrogen-bond acceptors (Lipinski definition) is 6. The van der Waals surface area contributed by atoms with Gasteiger partial charge in [0.2, 0.25) is 15.9 Å². The van der Waals surface area contributed by atoms with Crippen molar-refractivity contribution in [3.63, 3.8) is 0 Å². The second kappa shape index (κ2) is 9.55. The Morgan fingerprint density at radius 2 is 1.69 bits per heavy atom. The van der Waals surface area contributed by atoms with Crippen molar-refractivity contribution in [3.05, 3.63) is 29.8 Å². The van der Waals surface area contributed by atoms with Crippen LogP contribution >= 0.6 is 0 Å². The van der Waals surface area contributed by atoms with Gasteiger partial charge in [0.15, 0.2) is 12.2 Å². The van der Waals surface area contributed by atoms with Crippen molar-refractivity contribution in [2.75, 3.05) is 26.2 Å². The van der Waals surface area contributed by atoms with Gasteiger partial charge in [0.05, 0.1) is 4.90 Å². The summed E-state index contributed by atoms with van der Waals surface area (Å²) >= 11 is 0. The molecule has 2 heterocycles. The highest BCUT2D eigenvalue weighted by atomic mass is 32.2. The molecule has 32 heavy (non-hydrogen) atoms. The topological polar surface area (TPSA) is 137 Å². The first-order chi connectivity index (χ1) is 15.0. The van der Waals surface area contributed by atoms with E-state index in [2.05, 4.69) is 5.32 Å². The molecule has 0 saturated carbocycles. The Morgan fingerprint density at radius 3 is 2.19 bits per heavy atom. The molecule has 2 aliphatic heterocycles. The second-order valence-electron chi connectivity index (χ2n) is 8.55. The van der Waals surface area contributed by atoms with Gasteiger partial charge in [-0.15, -0.1) is 0 Å². The van der Waals surface area contributed by atoms with E-state index in [0.717, 1.165) is 5.56 Å². The summed E-state index contributed by atoms with van der Waals surface area (Å²) in [5.74, 6) is -2.06. The van der Waals surface area contributed by atoms with Crippen molar-refractivity contribution in [3.8, 4) is 0 Å². The molecule has 0 unspecified atom stereocenters. The van der Waals surface area contributed by atoms with Crippen molar-refractivity contribution < 1.29 is 32.6 Å². The van der Waals surface area contributed by atoms with Gasteiger partial charge in [-0.25, -0.2) is 13.2 Å². The molecule has 0 aliphatic carbocycles. The Labute approximate surface area is 187 Å². The van der Waals surface area contributed by atoms with E-state index in [9.17, 15) is 22.8 Å². The van der Waals surface area contributed by atoms with Gasteiger partial charge < -0.3 is 20.1 Å². The number of carboxylic acids is 1. The molecule has 0 bridgehead atoms. The highest BCUT2D eigenvalue weighted by Crippen LogP contribution is 2.23. The summed E-state index contributed by atoms with van der Waals surface area (Å²) in [6.45, 7) is 6.40. The monoisotopic (exact) mass is 467 g/mol. The van der Waals surface area contributed by atoms with E-state index in [1.807, 2.05) is 20.8 Å². The van der Waals surface area contributed by atoms with Crippen molar-refractivity contribution in [2.45, 2.75) is 50.3 Å². The number of epoxide rings is 1. The Hall–Kier alpha value is -2.50. The normalized spacial score (nSPS) is 22.4. The fraction of sp³-hybridized carbons (Fsp3) is 0.571. The molecule has 3 atom stereocenters. The lowest BCUT2D eigenvalue weighted by Gasteiger charge is -2.36. The minimum absolute atomic E-state index is 0.0999. The Morgan fingerprint density at radius 1 is 1.09 bits per heavy atom. The molecular formula is C21H29N3O7S. The molecule has 2 N–H and O–H groups in total. The maximum Gasteiger partial charge on any atom is 0.336 e. The van der Waals surface area contributed by atoms with E-state index in [0.29, 0.717) is 6.42 Å². The number of rotatable bonds is 8. The molecule has 3 rings (SSSR count). The average molecular weight is 468 g/mol. The van der Waals surface area contributed by atoms with Crippen LogP contribution in [0, 0.1) is 12.8 Å². The first kappa shape index (κ1) is 24.1. The predicted molar refractivity (Wildman–Crippen MR) is 114 cm³/mol. The number of carbonyl (C=O) groups excluding carboxylic acids is 2. The number of aliphatic carboxylic acids is 1. The molecule has 1 aromatic carbocycles. The van der Waals surface area contributed by atoms with Gasteiger partial charge in [0, 0.05) is 26.2 Å². The van der Waals surface area contributed by atoms with Gasteiger partial charge in [-0.05, 0) is 31.4 Å². The van der Waals surface area contributed by atoms with Crippen LogP contribution in [0.15, 0.2) is 29.2 Å². The number of piperazine rings is 1. The van der Waals surface area contributed by atoms with Crippen LogP contribution in [-0.2, 0) is 29.1 Å². The summed E-state index contributed by atoms with van der Waals surface area (Å²) in [6, 6.07) is 5.79. The van der Waals surface area contributed by atoms with E-state index >= 15 is 0 Å². The lowest BCUT2D eigenvalue weighted by Crippen LogP contribution is -2.56. The summed E-state index contributed by atoms with van der Waals surface area (Å²) in [7, 11) is -3.65. The number of ether oxygens (including phenoxy) is 1. The van der Waals surface area contributed by atoms with Crippen molar-refractivity contribution in [1.29, 1.82) is 0 Å². The number of aryl methyl sites for hydroxylation is 1. The van der Waals surface area contributed by atoms with E-state index < -0.39 is 40.1 Å². The predicted octanol–water partition coefficient (Wildman–Crippen LogP) is 0.211. The van der Waals surface area contributed by atoms with Gasteiger partial charge in [-0.2, -0.15) is 4.31 Å². The van der Waals surface area contributed by atoms with Gasteiger partial charge >= 0.3 is 5.97 Å². The van der Waals surface area contributed by atoms with Crippen molar-refractivity contribution >= 4 is 27.8 Å². The molecule has 0 spiro atoms. The van der Waals surface area contributed by atoms with Crippen molar-refractivity contribution in [1.82, 2.24) is 14.5 Å². The third kappa shape index (κ3) is 5.45. The maximum absolute atomic E-state index is 13.1. The Bertz CT molecular complexity index is 970. The molecule has 1 aromatic rings. The fourth-order valence-corrected chi connectivity index (χ4v) is 5.10. The summed E-state index contributed by atoms with van der Waals surface area (Å²) < 4.78 is 32.0. The van der Waals surface area contributed by atoms with Crippen LogP contribution in [0.2, 0.25) is 0 Å². The first-order valence-corrected chi connectivity index (χ1v) is 12.0. The smallest absolute Gasteiger partial charge is 0.336 e. The lowest BCUT2D eigenvalue weighted by molar-refractivity contribution is -0.138. The number of carboxylic acid groups (broad SMARTS) is 1. The lowest BCUT2D eigenvalue weighted by atomic mass is 10.0. The van der Waals surface area contributed by atoms with Crippen LogP contribution in [0.5, 0.6) is 0 Å². The molecule has 2 saturated heterocycles. The summed E-state index contributed by atoms with van der Waals surface area (Å²) in [4.78, 5) is 38.1. The van der Waals surface area contributed by atoms with Crippen LogP contribution < -0.4 is 5.32 Å². The molecule has 10 nitrogen and oxygen atoms in total. The quantitative estimate of drug-likeness (QED) is 0.522. The third-order valence-electron chi connectivity index (χ3n) is 5.52. The van der Waals surface area contributed by atoms with Crippen LogP contribution in [0.25, 0.3) is 0 Å². The van der Waals surface area contributed by atoms with Gasteiger partial charge in [-0.1, -0.05) is 31.5 Å². The molecule has 2 aliphatic rings. The van der Waals surface area contributed by atoms with Gasteiger partial charge in [0.1, 0.15) is 6.04 Å². The van der Waals surface area contributed by atoms with Crippen LogP contribution in [-0.4, -0.2) is 84.9 Å². The number of nitrogens with zero attached hydrogens (tertiary/aromatic N) is 2. The standard InChI is InChI=1S/C21H29N3O7S/c1-13(2)12-16(22-19(25)17-18(31-17)21(27)28)20(26)23-8-10-24(11-9-23)32(29,30)15-6-4-14(3)5-7-15/h4-7,13,16-18H,8-12H2,1-3H3,(H,22,25)(H,27,28)/t16-,17-,18-/m0/s1. The zero-order valence-corrected chi connectivity index (χ0v) is 19.2. The number of carbonyl (C=O) groups is 3. The number of sulfonamides is 1. The van der Waals surface area contributed by atoms with Crippen LogP contribution in [0.1, 0.15) is 25.8 Å². The minimum Gasteiger partial charge on any atom is -0.479 e. The molecule has 0 aromatic heterocycles. The molecule has 0 radical (unpaired) electrons. The number of amides is 2. The molecule has 2 amide bonds. The molecule has 11 heteroatoms. The Kier molecular flexibility index (Phi) is 7.21. The second-order valence-corrected chi connectivity index (χ2v) is 10.5. The van der Waals surface area contributed by atoms with E-state index in [-0.39, 0.29) is 42.9 Å². The summed E-state index contributed by atoms with van der Waals surface area (Å²) in [5.41, 5.74) is 0.962. The number of nitrogens with one attached hydrogen (secondary N) is 1.